The van der Waals surface area contributed by atoms with E-state index in [1.807, 2.05) is 24.3 Å². The average Bonchev–Trinajstić information content (AvgIpc) is 2.79. The fraction of sp³-hybridized carbons (Fsp3) is 0.480. The van der Waals surface area contributed by atoms with Crippen molar-refractivity contribution in [3.05, 3.63) is 65.2 Å². The molecule has 0 saturated heterocycles. The first-order valence-corrected chi connectivity index (χ1v) is 10.9. The summed E-state index contributed by atoms with van der Waals surface area (Å²) in [5.74, 6) is 0.454. The molecule has 1 aliphatic rings. The van der Waals surface area contributed by atoms with Crippen LogP contribution in [0.2, 0.25) is 0 Å². The van der Waals surface area contributed by atoms with Crippen molar-refractivity contribution in [3.63, 3.8) is 0 Å². The third-order valence-electron chi connectivity index (χ3n) is 5.85. The highest BCUT2D eigenvalue weighted by Gasteiger charge is 2.19. The Labute approximate surface area is 180 Å². The number of rotatable bonds is 10. The van der Waals surface area contributed by atoms with Crippen molar-refractivity contribution < 1.29 is 14.3 Å². The molecule has 2 aromatic carbocycles. The van der Waals surface area contributed by atoms with Gasteiger partial charge in [0, 0.05) is 26.2 Å². The summed E-state index contributed by atoms with van der Waals surface area (Å²) in [4.78, 5) is 15.3. The van der Waals surface area contributed by atoms with Crippen molar-refractivity contribution in [1.29, 1.82) is 0 Å². The zero-order chi connectivity index (χ0) is 21.2. The van der Waals surface area contributed by atoms with Gasteiger partial charge in [-0.1, -0.05) is 55.7 Å². The third-order valence-corrected chi connectivity index (χ3v) is 5.85. The van der Waals surface area contributed by atoms with Crippen LogP contribution in [-0.2, 0) is 17.8 Å². The molecule has 5 heteroatoms. The number of methoxy groups -OCH3 is 1. The molecule has 5 nitrogen and oxygen atoms in total. The van der Waals surface area contributed by atoms with Crippen molar-refractivity contribution >= 4 is 5.91 Å². The van der Waals surface area contributed by atoms with Gasteiger partial charge in [-0.15, -0.1) is 0 Å². The van der Waals surface area contributed by atoms with Crippen LogP contribution in [0.15, 0.2) is 48.5 Å². The number of nitrogens with zero attached hydrogens (tertiary/aromatic N) is 1. The van der Waals surface area contributed by atoms with Crippen molar-refractivity contribution in [2.24, 2.45) is 0 Å². The first-order chi connectivity index (χ1) is 14.7. The molecule has 1 N–H and O–H groups in total. The third kappa shape index (κ3) is 6.31. The van der Waals surface area contributed by atoms with Crippen LogP contribution in [0.4, 0.5) is 0 Å². The van der Waals surface area contributed by atoms with Gasteiger partial charge in [0.2, 0.25) is 0 Å². The Kier molecular flexibility index (Phi) is 8.72. The molecule has 0 atom stereocenters. The zero-order valence-corrected chi connectivity index (χ0v) is 18.2. The summed E-state index contributed by atoms with van der Waals surface area (Å²) >= 11 is 0. The molecule has 0 aliphatic heterocycles. The molecule has 1 amide bonds. The second-order valence-electron chi connectivity index (χ2n) is 8.00. The summed E-state index contributed by atoms with van der Waals surface area (Å²) in [6.45, 7) is 2.31. The topological polar surface area (TPSA) is 50.8 Å². The number of nitrogens with one attached hydrogen (secondary N) is 1. The van der Waals surface area contributed by atoms with Crippen molar-refractivity contribution in [1.82, 2.24) is 10.2 Å². The number of amides is 1. The van der Waals surface area contributed by atoms with Gasteiger partial charge in [0.15, 0.2) is 0 Å². The molecular formula is C25H34N2O3. The van der Waals surface area contributed by atoms with Crippen molar-refractivity contribution in [2.45, 2.75) is 51.2 Å². The molecule has 0 aromatic heterocycles. The lowest BCUT2D eigenvalue weighted by molar-refractivity contribution is 0.0943. The number of benzene rings is 2. The summed E-state index contributed by atoms with van der Waals surface area (Å²) in [7, 11) is 3.85. The molecule has 1 saturated carbocycles. The van der Waals surface area contributed by atoms with Gasteiger partial charge >= 0.3 is 0 Å². The highest BCUT2D eigenvalue weighted by molar-refractivity contribution is 5.96. The van der Waals surface area contributed by atoms with E-state index in [0.717, 1.165) is 12.1 Å². The quantitative estimate of drug-likeness (QED) is 0.590. The monoisotopic (exact) mass is 410 g/mol. The Bertz CT molecular complexity index is 802. The SMILES string of the molecule is COCCOc1ccccc1C(=O)NCc1ccccc1CN(C)C1CCCCC1. The second kappa shape index (κ2) is 11.7. The lowest BCUT2D eigenvalue weighted by atomic mass is 9.94. The molecule has 1 aliphatic carbocycles. The zero-order valence-electron chi connectivity index (χ0n) is 18.2. The maximum atomic E-state index is 12.8. The Morgan fingerprint density at radius 2 is 1.70 bits per heavy atom. The van der Waals surface area contributed by atoms with Gasteiger partial charge in [-0.3, -0.25) is 9.69 Å². The van der Waals surface area contributed by atoms with Gasteiger partial charge in [-0.25, -0.2) is 0 Å². The lowest BCUT2D eigenvalue weighted by Crippen LogP contribution is -2.33. The summed E-state index contributed by atoms with van der Waals surface area (Å²) < 4.78 is 10.7. The van der Waals surface area contributed by atoms with Gasteiger partial charge < -0.3 is 14.8 Å². The van der Waals surface area contributed by atoms with Crippen LogP contribution in [0, 0.1) is 0 Å². The van der Waals surface area contributed by atoms with Gasteiger partial charge in [-0.05, 0) is 43.1 Å². The number of ether oxygens (including phenoxy) is 2. The summed E-state index contributed by atoms with van der Waals surface area (Å²) in [6.07, 6.45) is 6.60. The lowest BCUT2D eigenvalue weighted by Gasteiger charge is -2.31. The number of carbonyl (C=O) groups is 1. The van der Waals surface area contributed by atoms with E-state index in [4.69, 9.17) is 9.47 Å². The van der Waals surface area contributed by atoms with Crippen LogP contribution >= 0.6 is 0 Å². The predicted molar refractivity (Wildman–Crippen MR) is 120 cm³/mol. The van der Waals surface area contributed by atoms with E-state index in [1.54, 1.807) is 13.2 Å². The van der Waals surface area contributed by atoms with E-state index in [2.05, 4.69) is 35.5 Å². The smallest absolute Gasteiger partial charge is 0.255 e. The fourth-order valence-corrected chi connectivity index (χ4v) is 4.09. The number of hydrogen-bond acceptors (Lipinski definition) is 4. The van der Waals surface area contributed by atoms with Crippen LogP contribution in [0.1, 0.15) is 53.6 Å². The molecule has 0 heterocycles. The molecule has 30 heavy (non-hydrogen) atoms. The average molecular weight is 411 g/mol. The summed E-state index contributed by atoms with van der Waals surface area (Å²) in [5.41, 5.74) is 2.98. The van der Waals surface area contributed by atoms with Gasteiger partial charge in [0.05, 0.1) is 12.2 Å². The molecule has 0 bridgehead atoms. The first-order valence-electron chi connectivity index (χ1n) is 10.9. The van der Waals surface area contributed by atoms with E-state index < -0.39 is 0 Å². The second-order valence-corrected chi connectivity index (χ2v) is 8.00. The van der Waals surface area contributed by atoms with Crippen LogP contribution in [0.5, 0.6) is 5.75 Å². The molecule has 162 valence electrons. The van der Waals surface area contributed by atoms with Crippen molar-refractivity contribution in [2.75, 3.05) is 27.4 Å². The Hall–Kier alpha value is -2.37. The maximum Gasteiger partial charge on any atom is 0.255 e. The molecule has 2 aromatic rings. The number of carbonyl (C=O) groups excluding carboxylic acids is 1. The Balaban J connectivity index is 1.61. The van der Waals surface area contributed by atoms with Crippen LogP contribution in [0.3, 0.4) is 0 Å². The number of para-hydroxylation sites is 1. The molecule has 0 spiro atoms. The molecule has 3 rings (SSSR count). The molecular weight excluding hydrogens is 376 g/mol. The minimum atomic E-state index is -0.126. The van der Waals surface area contributed by atoms with Crippen LogP contribution < -0.4 is 10.1 Å². The maximum absolute atomic E-state index is 12.8. The van der Waals surface area contributed by atoms with Gasteiger partial charge in [0.25, 0.3) is 5.91 Å². The standard InChI is InChI=1S/C25H34N2O3/c1-27(22-12-4-3-5-13-22)19-21-11-7-6-10-20(21)18-26-25(28)23-14-8-9-15-24(23)30-17-16-29-2/h6-11,14-15,22H,3-5,12-13,16-19H2,1-2H3,(H,26,28). The Morgan fingerprint density at radius 1 is 1.00 bits per heavy atom. The van der Waals surface area contributed by atoms with Crippen LogP contribution in [0.25, 0.3) is 0 Å². The minimum absolute atomic E-state index is 0.126. The van der Waals surface area contributed by atoms with E-state index in [9.17, 15) is 4.79 Å². The van der Waals surface area contributed by atoms with Crippen LogP contribution in [-0.4, -0.2) is 44.2 Å². The highest BCUT2D eigenvalue weighted by atomic mass is 16.5. The normalized spacial score (nSPS) is 14.6. The molecule has 1 fully saturated rings. The summed E-state index contributed by atoms with van der Waals surface area (Å²) in [5, 5.41) is 3.07. The molecule has 0 radical (unpaired) electrons. The highest BCUT2D eigenvalue weighted by Crippen LogP contribution is 2.24. The van der Waals surface area contributed by atoms with E-state index >= 15 is 0 Å². The van der Waals surface area contributed by atoms with Gasteiger partial charge in [-0.2, -0.15) is 0 Å². The molecule has 0 unspecified atom stereocenters. The van der Waals surface area contributed by atoms with Gasteiger partial charge in [0.1, 0.15) is 12.4 Å². The largest absolute Gasteiger partial charge is 0.490 e. The summed E-state index contributed by atoms with van der Waals surface area (Å²) in [6, 6.07) is 16.4. The predicted octanol–water partition coefficient (Wildman–Crippen LogP) is 4.41. The first kappa shape index (κ1) is 22.3. The van der Waals surface area contributed by atoms with E-state index in [-0.39, 0.29) is 5.91 Å². The van der Waals surface area contributed by atoms with E-state index in [1.165, 1.54) is 37.7 Å². The minimum Gasteiger partial charge on any atom is -0.490 e. The fourth-order valence-electron chi connectivity index (χ4n) is 4.09. The van der Waals surface area contributed by atoms with Crippen molar-refractivity contribution in [3.8, 4) is 5.75 Å². The Morgan fingerprint density at radius 3 is 2.47 bits per heavy atom. The van der Waals surface area contributed by atoms with E-state index in [0.29, 0.717) is 37.1 Å². The number of hydrogen-bond donors (Lipinski definition) is 1.